The minimum atomic E-state index is -0.517. The van der Waals surface area contributed by atoms with Crippen LogP contribution in [0.3, 0.4) is 0 Å². The zero-order valence-corrected chi connectivity index (χ0v) is 18.4. The Hall–Kier alpha value is -2.43. The summed E-state index contributed by atoms with van der Waals surface area (Å²) in [7, 11) is 2.05. The van der Waals surface area contributed by atoms with E-state index in [2.05, 4.69) is 27.3 Å². The molecule has 1 N–H and O–H groups in total. The quantitative estimate of drug-likeness (QED) is 0.791. The van der Waals surface area contributed by atoms with E-state index in [0.717, 1.165) is 44.6 Å². The number of likely N-dealkylation sites (N-methyl/N-ethyl adjacent to an activating group) is 1. The number of halogens is 1. The Kier molecular flexibility index (Phi) is 6.59. The van der Waals surface area contributed by atoms with Gasteiger partial charge >= 0.3 is 0 Å². The highest BCUT2D eigenvalue weighted by molar-refractivity contribution is 6.30. The molecule has 31 heavy (non-hydrogen) atoms. The van der Waals surface area contributed by atoms with Gasteiger partial charge in [0.15, 0.2) is 0 Å². The van der Waals surface area contributed by atoms with Crippen molar-refractivity contribution in [2.24, 2.45) is 0 Å². The highest BCUT2D eigenvalue weighted by Crippen LogP contribution is 2.33. The van der Waals surface area contributed by atoms with Crippen molar-refractivity contribution in [3.8, 4) is 6.07 Å². The molecule has 2 aliphatic rings. The minimum Gasteiger partial charge on any atom is -0.359 e. The number of hydrogen-bond donors (Lipinski definition) is 1. The summed E-state index contributed by atoms with van der Waals surface area (Å²) in [4.78, 5) is 17.5. The fourth-order valence-electron chi connectivity index (χ4n) is 4.53. The summed E-state index contributed by atoms with van der Waals surface area (Å²) >= 11 is 6.03. The van der Waals surface area contributed by atoms with Crippen molar-refractivity contribution >= 4 is 23.2 Å². The third-order valence-electron chi connectivity index (χ3n) is 6.04. The number of benzene rings is 2. The number of nitrogens with zero attached hydrogens (tertiary/aromatic N) is 3. The topological polar surface area (TPSA) is 68.6 Å². The number of hydrogen-bond acceptors (Lipinski definition) is 5. The molecule has 2 aliphatic heterocycles. The van der Waals surface area contributed by atoms with E-state index in [1.165, 1.54) is 0 Å². The number of rotatable bonds is 4. The lowest BCUT2D eigenvalue weighted by Gasteiger charge is -2.48. The van der Waals surface area contributed by atoms with Gasteiger partial charge in [-0.05, 0) is 55.8 Å². The van der Waals surface area contributed by atoms with Crippen LogP contribution in [0.2, 0.25) is 5.02 Å². The maximum absolute atomic E-state index is 12.9. The largest absolute Gasteiger partial charge is 0.359 e. The molecule has 0 aromatic heterocycles. The van der Waals surface area contributed by atoms with Gasteiger partial charge in [0.25, 0.3) is 5.91 Å². The zero-order valence-electron chi connectivity index (χ0n) is 17.7. The molecule has 2 fully saturated rings. The van der Waals surface area contributed by atoms with Gasteiger partial charge in [0, 0.05) is 43.4 Å². The molecular weight excluding hydrogens is 412 g/mol. The summed E-state index contributed by atoms with van der Waals surface area (Å²) in [6.07, 6.45) is 1.23. The molecule has 0 aliphatic carbocycles. The Morgan fingerprint density at radius 1 is 1.26 bits per heavy atom. The van der Waals surface area contributed by atoms with E-state index in [0.29, 0.717) is 22.8 Å². The first-order valence-corrected chi connectivity index (χ1v) is 11.0. The molecule has 2 aromatic rings. The van der Waals surface area contributed by atoms with Crippen molar-refractivity contribution in [1.82, 2.24) is 9.80 Å². The second-order valence-electron chi connectivity index (χ2n) is 8.57. The van der Waals surface area contributed by atoms with Gasteiger partial charge in [0.05, 0.1) is 17.2 Å². The zero-order chi connectivity index (χ0) is 21.8. The molecule has 2 heterocycles. The van der Waals surface area contributed by atoms with Crippen molar-refractivity contribution in [3.05, 3.63) is 64.7 Å². The van der Waals surface area contributed by atoms with Crippen LogP contribution in [0.4, 0.5) is 5.69 Å². The molecule has 1 spiro atoms. The molecule has 2 saturated heterocycles. The Morgan fingerprint density at radius 2 is 2.03 bits per heavy atom. The van der Waals surface area contributed by atoms with Crippen LogP contribution in [0, 0.1) is 11.3 Å². The number of ether oxygens (including phenoxy) is 1. The average molecular weight is 439 g/mol. The Morgan fingerprint density at radius 3 is 2.77 bits per heavy atom. The van der Waals surface area contributed by atoms with Crippen LogP contribution in [0.1, 0.15) is 24.0 Å². The van der Waals surface area contributed by atoms with Gasteiger partial charge < -0.3 is 15.0 Å². The van der Waals surface area contributed by atoms with Crippen molar-refractivity contribution in [1.29, 1.82) is 5.26 Å². The lowest BCUT2D eigenvalue weighted by Crippen LogP contribution is -2.60. The summed E-state index contributed by atoms with van der Waals surface area (Å²) in [6, 6.07) is 17.1. The average Bonchev–Trinajstić information content (AvgIpc) is 2.75. The van der Waals surface area contributed by atoms with E-state index in [9.17, 15) is 4.79 Å². The Balaban J connectivity index is 1.36. The van der Waals surface area contributed by atoms with Gasteiger partial charge in [-0.25, -0.2) is 0 Å². The minimum absolute atomic E-state index is 0.135. The maximum atomic E-state index is 12.9. The summed E-state index contributed by atoms with van der Waals surface area (Å²) in [6.45, 7) is 4.01. The summed E-state index contributed by atoms with van der Waals surface area (Å²) < 4.78 is 6.43. The number of nitriles is 1. The standard InChI is InChI=1S/C24H27ClN4O2/c1-28-16-22(23(30)27-21-7-3-6-20(25)13-21)31-24(17-28)8-10-29(11-9-24)15-19-5-2-4-18(12-19)14-26/h2-7,12-13,22H,8-11,15-17H2,1H3,(H,27,30). The molecule has 0 saturated carbocycles. The van der Waals surface area contributed by atoms with Crippen molar-refractivity contribution < 1.29 is 9.53 Å². The molecule has 6 nitrogen and oxygen atoms in total. The van der Waals surface area contributed by atoms with E-state index < -0.39 is 6.10 Å². The summed E-state index contributed by atoms with van der Waals surface area (Å²) in [5, 5.41) is 12.6. The van der Waals surface area contributed by atoms with E-state index >= 15 is 0 Å². The SMILES string of the molecule is CN1CC(C(=O)Nc2cccc(Cl)c2)OC2(CCN(Cc3cccc(C#N)c3)CC2)C1. The number of morpholine rings is 1. The van der Waals surface area contributed by atoms with Gasteiger partial charge in [0.1, 0.15) is 6.10 Å². The predicted molar refractivity (Wildman–Crippen MR) is 121 cm³/mol. The molecule has 2 aromatic carbocycles. The highest BCUT2D eigenvalue weighted by Gasteiger charge is 2.44. The highest BCUT2D eigenvalue weighted by atomic mass is 35.5. The number of likely N-dealkylation sites (tertiary alicyclic amines) is 1. The predicted octanol–water partition coefficient (Wildman–Crippen LogP) is 3.52. The first kappa shape index (κ1) is 21.8. The van der Waals surface area contributed by atoms with Gasteiger partial charge in [-0.3, -0.25) is 9.69 Å². The molecule has 162 valence electrons. The van der Waals surface area contributed by atoms with E-state index in [4.69, 9.17) is 21.6 Å². The summed E-state index contributed by atoms with van der Waals surface area (Å²) in [5.74, 6) is -0.135. The molecule has 1 unspecified atom stereocenters. The Labute approximate surface area is 188 Å². The first-order valence-electron chi connectivity index (χ1n) is 10.6. The van der Waals surface area contributed by atoms with Crippen LogP contribution in [-0.4, -0.2) is 60.6 Å². The van der Waals surface area contributed by atoms with E-state index in [1.54, 1.807) is 12.1 Å². The van der Waals surface area contributed by atoms with Crippen molar-refractivity contribution in [3.63, 3.8) is 0 Å². The third-order valence-corrected chi connectivity index (χ3v) is 6.28. The normalized spacial score (nSPS) is 21.5. The van der Waals surface area contributed by atoms with Crippen LogP contribution < -0.4 is 5.32 Å². The lowest BCUT2D eigenvalue weighted by molar-refractivity contribution is -0.178. The van der Waals surface area contributed by atoms with E-state index in [-0.39, 0.29) is 11.5 Å². The van der Waals surface area contributed by atoms with Crippen LogP contribution in [0.15, 0.2) is 48.5 Å². The van der Waals surface area contributed by atoms with Crippen molar-refractivity contribution in [2.75, 3.05) is 38.5 Å². The molecule has 1 atom stereocenters. The fraction of sp³-hybridized carbons (Fsp3) is 0.417. The van der Waals surface area contributed by atoms with Crippen LogP contribution in [-0.2, 0) is 16.1 Å². The van der Waals surface area contributed by atoms with E-state index in [1.807, 2.05) is 37.4 Å². The fourth-order valence-corrected chi connectivity index (χ4v) is 4.72. The molecule has 1 amide bonds. The van der Waals surface area contributed by atoms with Gasteiger partial charge in [-0.1, -0.05) is 29.8 Å². The number of amides is 1. The molecule has 7 heteroatoms. The monoisotopic (exact) mass is 438 g/mol. The van der Waals surface area contributed by atoms with Crippen LogP contribution >= 0.6 is 11.6 Å². The molecule has 0 radical (unpaired) electrons. The van der Waals surface area contributed by atoms with Gasteiger partial charge in [0.2, 0.25) is 0 Å². The smallest absolute Gasteiger partial charge is 0.254 e. The Bertz CT molecular complexity index is 982. The number of nitrogens with one attached hydrogen (secondary N) is 1. The van der Waals surface area contributed by atoms with Crippen LogP contribution in [0.25, 0.3) is 0 Å². The number of carbonyl (C=O) groups is 1. The summed E-state index contributed by atoms with van der Waals surface area (Å²) in [5.41, 5.74) is 2.21. The number of anilines is 1. The molecular formula is C24H27ClN4O2. The second kappa shape index (κ2) is 9.37. The third kappa shape index (κ3) is 5.44. The first-order chi connectivity index (χ1) is 14.9. The number of carbonyl (C=O) groups excluding carboxylic acids is 1. The number of piperidine rings is 1. The maximum Gasteiger partial charge on any atom is 0.254 e. The van der Waals surface area contributed by atoms with Gasteiger partial charge in [-0.2, -0.15) is 5.26 Å². The molecule has 0 bridgehead atoms. The lowest BCUT2D eigenvalue weighted by atomic mass is 9.88. The molecule has 4 rings (SSSR count). The van der Waals surface area contributed by atoms with Crippen LogP contribution in [0.5, 0.6) is 0 Å². The van der Waals surface area contributed by atoms with Gasteiger partial charge in [-0.15, -0.1) is 0 Å². The second-order valence-corrected chi connectivity index (χ2v) is 9.01. The van der Waals surface area contributed by atoms with Crippen molar-refractivity contribution in [2.45, 2.75) is 31.1 Å².